The SMILES string of the molecule is O=C(Nc1ccc(OC(F)F)cc1)NC(CO)c1ccccc1. The van der Waals surface area contributed by atoms with Gasteiger partial charge in [0, 0.05) is 5.69 Å². The summed E-state index contributed by atoms with van der Waals surface area (Å²) in [5.41, 5.74) is 1.18. The molecule has 0 aliphatic rings. The van der Waals surface area contributed by atoms with E-state index in [-0.39, 0.29) is 12.4 Å². The highest BCUT2D eigenvalue weighted by Gasteiger charge is 2.13. The molecule has 0 aliphatic carbocycles. The molecular weight excluding hydrogens is 306 g/mol. The number of aliphatic hydroxyl groups is 1. The lowest BCUT2D eigenvalue weighted by atomic mass is 10.1. The van der Waals surface area contributed by atoms with Crippen molar-refractivity contribution in [1.29, 1.82) is 0 Å². The number of nitrogens with one attached hydrogen (secondary N) is 2. The number of benzene rings is 2. The van der Waals surface area contributed by atoms with E-state index in [4.69, 9.17) is 0 Å². The van der Waals surface area contributed by atoms with E-state index in [0.717, 1.165) is 5.56 Å². The molecule has 3 N–H and O–H groups in total. The van der Waals surface area contributed by atoms with Crippen molar-refractivity contribution in [3.63, 3.8) is 0 Å². The molecule has 2 aromatic carbocycles. The molecule has 0 heterocycles. The van der Waals surface area contributed by atoms with Crippen LogP contribution in [0.5, 0.6) is 5.75 Å². The van der Waals surface area contributed by atoms with Crippen molar-refractivity contribution in [2.24, 2.45) is 0 Å². The van der Waals surface area contributed by atoms with Crippen LogP contribution in [0.3, 0.4) is 0 Å². The molecule has 2 aromatic rings. The molecule has 0 aliphatic heterocycles. The molecular formula is C16H16F2N2O3. The van der Waals surface area contributed by atoms with E-state index in [9.17, 15) is 18.7 Å². The van der Waals surface area contributed by atoms with E-state index >= 15 is 0 Å². The van der Waals surface area contributed by atoms with Gasteiger partial charge in [-0.3, -0.25) is 0 Å². The first kappa shape index (κ1) is 16.7. The van der Waals surface area contributed by atoms with Gasteiger partial charge < -0.3 is 20.5 Å². The maximum Gasteiger partial charge on any atom is 0.387 e. The Kier molecular flexibility index (Phi) is 5.87. The lowest BCUT2D eigenvalue weighted by Crippen LogP contribution is -2.34. The van der Waals surface area contributed by atoms with E-state index in [2.05, 4.69) is 15.4 Å². The molecule has 1 unspecified atom stereocenters. The second kappa shape index (κ2) is 8.09. The van der Waals surface area contributed by atoms with E-state index in [1.54, 1.807) is 24.3 Å². The molecule has 122 valence electrons. The number of carbonyl (C=O) groups excluding carboxylic acids is 1. The Balaban J connectivity index is 1.93. The summed E-state index contributed by atoms with van der Waals surface area (Å²) in [5, 5.41) is 14.6. The summed E-state index contributed by atoms with van der Waals surface area (Å²) in [6.45, 7) is -3.15. The summed E-state index contributed by atoms with van der Waals surface area (Å²) in [6, 6.07) is 13.5. The summed E-state index contributed by atoms with van der Waals surface area (Å²) >= 11 is 0. The molecule has 1 atom stereocenters. The van der Waals surface area contributed by atoms with Crippen LogP contribution in [0, 0.1) is 0 Å². The van der Waals surface area contributed by atoms with Gasteiger partial charge in [-0.05, 0) is 29.8 Å². The van der Waals surface area contributed by atoms with Gasteiger partial charge in [0.25, 0.3) is 0 Å². The zero-order chi connectivity index (χ0) is 16.7. The van der Waals surface area contributed by atoms with Crippen molar-refractivity contribution in [3.05, 3.63) is 60.2 Å². The van der Waals surface area contributed by atoms with Gasteiger partial charge in [-0.15, -0.1) is 0 Å². The molecule has 0 saturated carbocycles. The van der Waals surface area contributed by atoms with E-state index in [1.165, 1.54) is 24.3 Å². The zero-order valence-electron chi connectivity index (χ0n) is 12.1. The largest absolute Gasteiger partial charge is 0.435 e. The number of ether oxygens (including phenoxy) is 1. The van der Waals surface area contributed by atoms with Crippen LogP contribution >= 0.6 is 0 Å². The lowest BCUT2D eigenvalue weighted by Gasteiger charge is -2.17. The van der Waals surface area contributed by atoms with Crippen molar-refractivity contribution in [2.45, 2.75) is 12.7 Å². The maximum absolute atomic E-state index is 12.0. The number of carbonyl (C=O) groups is 1. The van der Waals surface area contributed by atoms with Crippen molar-refractivity contribution in [2.75, 3.05) is 11.9 Å². The minimum absolute atomic E-state index is 0.00322. The van der Waals surface area contributed by atoms with Gasteiger partial charge in [-0.2, -0.15) is 8.78 Å². The Labute approximate surface area is 131 Å². The Morgan fingerprint density at radius 3 is 2.30 bits per heavy atom. The quantitative estimate of drug-likeness (QED) is 0.765. The molecule has 0 aromatic heterocycles. The maximum atomic E-state index is 12.0. The molecule has 5 nitrogen and oxygen atoms in total. The third kappa shape index (κ3) is 5.23. The summed E-state index contributed by atoms with van der Waals surface area (Å²) in [4.78, 5) is 11.9. The van der Waals surface area contributed by atoms with Gasteiger partial charge >= 0.3 is 12.6 Å². The standard InChI is InChI=1S/C16H16F2N2O3/c17-15(18)23-13-8-6-12(7-9-13)19-16(22)20-14(10-21)11-4-2-1-3-5-11/h1-9,14-15,21H,10H2,(H2,19,20,22). The van der Waals surface area contributed by atoms with Gasteiger partial charge in [0.15, 0.2) is 0 Å². The second-order valence-corrected chi connectivity index (χ2v) is 4.65. The zero-order valence-corrected chi connectivity index (χ0v) is 12.1. The average Bonchev–Trinajstić information content (AvgIpc) is 2.55. The van der Waals surface area contributed by atoms with Crippen molar-refractivity contribution < 1.29 is 23.4 Å². The fraction of sp³-hybridized carbons (Fsp3) is 0.188. The first-order chi connectivity index (χ1) is 11.1. The average molecular weight is 322 g/mol. The van der Waals surface area contributed by atoms with Gasteiger partial charge in [-0.1, -0.05) is 30.3 Å². The van der Waals surface area contributed by atoms with Gasteiger partial charge in [0.2, 0.25) is 0 Å². The van der Waals surface area contributed by atoms with E-state index < -0.39 is 18.7 Å². The topological polar surface area (TPSA) is 70.6 Å². The first-order valence-electron chi connectivity index (χ1n) is 6.86. The Morgan fingerprint density at radius 1 is 1.09 bits per heavy atom. The van der Waals surface area contributed by atoms with Crippen LogP contribution in [0.2, 0.25) is 0 Å². The Bertz CT molecular complexity index is 621. The summed E-state index contributed by atoms with van der Waals surface area (Å²) in [7, 11) is 0. The number of alkyl halides is 2. The second-order valence-electron chi connectivity index (χ2n) is 4.65. The number of urea groups is 1. The van der Waals surface area contributed by atoms with Crippen LogP contribution in [0.4, 0.5) is 19.3 Å². The highest BCUT2D eigenvalue weighted by Crippen LogP contribution is 2.18. The monoisotopic (exact) mass is 322 g/mol. The Hall–Kier alpha value is -2.67. The third-order valence-corrected chi connectivity index (χ3v) is 3.03. The molecule has 2 rings (SSSR count). The number of rotatable bonds is 6. The normalized spacial score (nSPS) is 11.8. The van der Waals surface area contributed by atoms with Crippen LogP contribution in [0.15, 0.2) is 54.6 Å². The molecule has 2 amide bonds. The van der Waals surface area contributed by atoms with Crippen molar-refractivity contribution in [3.8, 4) is 5.75 Å². The minimum Gasteiger partial charge on any atom is -0.435 e. The smallest absolute Gasteiger partial charge is 0.387 e. The summed E-state index contributed by atoms with van der Waals surface area (Å²) in [6.07, 6.45) is 0. The number of aliphatic hydroxyl groups excluding tert-OH is 1. The van der Waals surface area contributed by atoms with Crippen LogP contribution in [-0.4, -0.2) is 24.4 Å². The van der Waals surface area contributed by atoms with Crippen LogP contribution in [0.1, 0.15) is 11.6 Å². The predicted octanol–water partition coefficient (Wildman–Crippen LogP) is 3.14. The molecule has 0 fully saturated rings. The predicted molar refractivity (Wildman–Crippen MR) is 81.5 cm³/mol. The van der Waals surface area contributed by atoms with Gasteiger partial charge in [0.1, 0.15) is 5.75 Å². The molecule has 0 radical (unpaired) electrons. The van der Waals surface area contributed by atoms with Gasteiger partial charge in [-0.25, -0.2) is 4.79 Å². The van der Waals surface area contributed by atoms with Crippen LogP contribution < -0.4 is 15.4 Å². The molecule has 0 saturated heterocycles. The number of hydrogen-bond acceptors (Lipinski definition) is 3. The number of anilines is 1. The number of halogens is 2. The molecule has 7 heteroatoms. The Morgan fingerprint density at radius 2 is 1.74 bits per heavy atom. The van der Waals surface area contributed by atoms with E-state index in [0.29, 0.717) is 5.69 Å². The molecule has 0 bridgehead atoms. The van der Waals surface area contributed by atoms with Crippen LogP contribution in [-0.2, 0) is 0 Å². The highest BCUT2D eigenvalue weighted by atomic mass is 19.3. The highest BCUT2D eigenvalue weighted by molar-refractivity contribution is 5.89. The van der Waals surface area contributed by atoms with Crippen molar-refractivity contribution in [1.82, 2.24) is 5.32 Å². The van der Waals surface area contributed by atoms with Gasteiger partial charge in [0.05, 0.1) is 12.6 Å². The number of hydrogen-bond donors (Lipinski definition) is 3. The lowest BCUT2D eigenvalue weighted by molar-refractivity contribution is -0.0498. The first-order valence-corrected chi connectivity index (χ1v) is 6.86. The minimum atomic E-state index is -2.90. The fourth-order valence-corrected chi connectivity index (χ4v) is 1.96. The summed E-state index contributed by atoms with van der Waals surface area (Å²) < 4.78 is 28.3. The summed E-state index contributed by atoms with van der Waals surface area (Å²) in [5.74, 6) is 0.00322. The van der Waals surface area contributed by atoms with Crippen molar-refractivity contribution >= 4 is 11.7 Å². The third-order valence-electron chi connectivity index (χ3n) is 3.03. The number of amides is 2. The molecule has 0 spiro atoms. The van der Waals surface area contributed by atoms with Crippen LogP contribution in [0.25, 0.3) is 0 Å². The van der Waals surface area contributed by atoms with E-state index in [1.807, 2.05) is 6.07 Å². The molecule has 23 heavy (non-hydrogen) atoms. The fourth-order valence-electron chi connectivity index (χ4n) is 1.96.